The fourth-order valence-corrected chi connectivity index (χ4v) is 4.50. The molecule has 1 aromatic heterocycles. The molecule has 9 heteroatoms. The molecule has 8 nitrogen and oxygen atoms in total. The number of piperazine rings is 1. The Morgan fingerprint density at radius 2 is 2.06 bits per heavy atom. The van der Waals surface area contributed by atoms with Crippen molar-refractivity contribution in [1.82, 2.24) is 19.8 Å². The number of fused-ring (bicyclic) bond motifs is 1. The van der Waals surface area contributed by atoms with Gasteiger partial charge in [-0.25, -0.2) is 9.97 Å². The minimum absolute atomic E-state index is 0.0565. The highest BCUT2D eigenvalue weighted by Crippen LogP contribution is 2.25. The van der Waals surface area contributed by atoms with Crippen LogP contribution >= 0.6 is 11.6 Å². The van der Waals surface area contributed by atoms with E-state index in [0.717, 1.165) is 22.9 Å². The average molecular weight is 482 g/mol. The van der Waals surface area contributed by atoms with Gasteiger partial charge >= 0.3 is 0 Å². The second-order valence-corrected chi connectivity index (χ2v) is 8.96. The molecule has 0 spiro atoms. The SMILES string of the molecule is CCCC1C(=O)N(Cc2ccc3c(N)ncnc3c2)C(C)CN1C(=O)COc1cccc(Cl)c1. The molecule has 178 valence electrons. The molecule has 2 unspecified atom stereocenters. The molecule has 2 atom stereocenters. The van der Waals surface area contributed by atoms with Crippen LogP contribution in [0.25, 0.3) is 10.9 Å². The maximum Gasteiger partial charge on any atom is 0.261 e. The molecular weight excluding hydrogens is 454 g/mol. The van der Waals surface area contributed by atoms with Gasteiger partial charge in [0.2, 0.25) is 5.91 Å². The third kappa shape index (κ3) is 5.07. The molecule has 3 aromatic rings. The van der Waals surface area contributed by atoms with Gasteiger partial charge in [0.25, 0.3) is 5.91 Å². The zero-order valence-electron chi connectivity index (χ0n) is 19.3. The fraction of sp³-hybridized carbons (Fsp3) is 0.360. The lowest BCUT2D eigenvalue weighted by Crippen LogP contribution is -2.62. The summed E-state index contributed by atoms with van der Waals surface area (Å²) in [6.07, 6.45) is 2.80. The highest BCUT2D eigenvalue weighted by Gasteiger charge is 2.40. The first-order valence-corrected chi connectivity index (χ1v) is 11.7. The Bertz CT molecular complexity index is 1200. The van der Waals surface area contributed by atoms with Gasteiger partial charge in [0, 0.05) is 29.5 Å². The molecule has 0 radical (unpaired) electrons. The van der Waals surface area contributed by atoms with Gasteiger partial charge in [0.05, 0.1) is 5.52 Å². The molecule has 1 fully saturated rings. The van der Waals surface area contributed by atoms with Crippen molar-refractivity contribution in [3.63, 3.8) is 0 Å². The largest absolute Gasteiger partial charge is 0.484 e. The van der Waals surface area contributed by atoms with E-state index in [2.05, 4.69) is 9.97 Å². The molecule has 2 N–H and O–H groups in total. The molecule has 1 aliphatic heterocycles. The normalized spacial score (nSPS) is 18.4. The van der Waals surface area contributed by atoms with E-state index >= 15 is 0 Å². The van der Waals surface area contributed by atoms with E-state index in [1.807, 2.05) is 36.9 Å². The average Bonchev–Trinajstić information content (AvgIpc) is 2.82. The zero-order chi connectivity index (χ0) is 24.2. The third-order valence-corrected chi connectivity index (χ3v) is 6.30. The number of anilines is 1. The van der Waals surface area contributed by atoms with Crippen molar-refractivity contribution in [1.29, 1.82) is 0 Å². The third-order valence-electron chi connectivity index (χ3n) is 6.06. The van der Waals surface area contributed by atoms with Gasteiger partial charge in [-0.15, -0.1) is 0 Å². The molecular formula is C25H28ClN5O3. The summed E-state index contributed by atoms with van der Waals surface area (Å²) in [4.78, 5) is 38.4. The highest BCUT2D eigenvalue weighted by atomic mass is 35.5. The number of hydrogen-bond acceptors (Lipinski definition) is 6. The number of halogens is 1. The lowest BCUT2D eigenvalue weighted by atomic mass is 10.0. The van der Waals surface area contributed by atoms with Gasteiger partial charge in [-0.3, -0.25) is 9.59 Å². The Hall–Kier alpha value is -3.39. The molecule has 2 heterocycles. The monoisotopic (exact) mass is 481 g/mol. The molecule has 0 bridgehead atoms. The molecule has 1 saturated heterocycles. The zero-order valence-corrected chi connectivity index (χ0v) is 20.0. The van der Waals surface area contributed by atoms with Gasteiger partial charge in [-0.2, -0.15) is 0 Å². The summed E-state index contributed by atoms with van der Waals surface area (Å²) >= 11 is 6.00. The first-order valence-electron chi connectivity index (χ1n) is 11.3. The molecule has 4 rings (SSSR count). The van der Waals surface area contributed by atoms with Crippen LogP contribution in [-0.2, 0) is 16.1 Å². The quantitative estimate of drug-likeness (QED) is 0.552. The van der Waals surface area contributed by atoms with Crippen molar-refractivity contribution >= 4 is 40.1 Å². The van der Waals surface area contributed by atoms with E-state index in [0.29, 0.717) is 36.1 Å². The van der Waals surface area contributed by atoms with E-state index < -0.39 is 6.04 Å². The van der Waals surface area contributed by atoms with Gasteiger partial charge in [0.1, 0.15) is 23.9 Å². The summed E-state index contributed by atoms with van der Waals surface area (Å²) in [6, 6.07) is 12.0. The summed E-state index contributed by atoms with van der Waals surface area (Å²) in [5.74, 6) is 0.679. The van der Waals surface area contributed by atoms with Crippen LogP contribution in [0.15, 0.2) is 48.8 Å². The number of carbonyl (C=O) groups is 2. The number of ether oxygens (including phenoxy) is 1. The summed E-state index contributed by atoms with van der Waals surface area (Å²) in [7, 11) is 0. The number of aromatic nitrogens is 2. The molecule has 0 saturated carbocycles. The van der Waals surface area contributed by atoms with Crippen LogP contribution in [0, 0.1) is 0 Å². The van der Waals surface area contributed by atoms with Crippen molar-refractivity contribution in [2.24, 2.45) is 0 Å². The Labute approximate surface area is 203 Å². The number of carbonyl (C=O) groups excluding carboxylic acids is 2. The van der Waals surface area contributed by atoms with Crippen LogP contribution in [0.5, 0.6) is 5.75 Å². The minimum Gasteiger partial charge on any atom is -0.484 e. The Kier molecular flexibility index (Phi) is 7.17. The van der Waals surface area contributed by atoms with E-state index in [1.165, 1.54) is 6.33 Å². The highest BCUT2D eigenvalue weighted by molar-refractivity contribution is 6.30. The summed E-state index contributed by atoms with van der Waals surface area (Å²) in [6.45, 7) is 4.69. The number of hydrogen-bond donors (Lipinski definition) is 1. The van der Waals surface area contributed by atoms with E-state index in [1.54, 1.807) is 29.2 Å². The van der Waals surface area contributed by atoms with Gasteiger partial charge in [0.15, 0.2) is 6.61 Å². The van der Waals surface area contributed by atoms with Crippen molar-refractivity contribution in [3.05, 3.63) is 59.4 Å². The fourth-order valence-electron chi connectivity index (χ4n) is 4.32. The van der Waals surface area contributed by atoms with Crippen molar-refractivity contribution < 1.29 is 14.3 Å². The smallest absolute Gasteiger partial charge is 0.261 e. The summed E-state index contributed by atoms with van der Waals surface area (Å²) in [5, 5.41) is 1.32. The van der Waals surface area contributed by atoms with Crippen molar-refractivity contribution in [2.45, 2.75) is 45.3 Å². The molecule has 0 aliphatic carbocycles. The number of nitrogens with zero attached hydrogens (tertiary/aromatic N) is 4. The number of rotatable bonds is 7. The van der Waals surface area contributed by atoms with Crippen LogP contribution in [0.1, 0.15) is 32.3 Å². The second kappa shape index (κ2) is 10.3. The Morgan fingerprint density at radius 1 is 1.24 bits per heavy atom. The number of benzene rings is 2. The number of nitrogen functional groups attached to an aromatic ring is 1. The molecule has 2 aromatic carbocycles. The van der Waals surface area contributed by atoms with Crippen molar-refractivity contribution in [2.75, 3.05) is 18.9 Å². The second-order valence-electron chi connectivity index (χ2n) is 8.52. The van der Waals surface area contributed by atoms with Gasteiger partial charge in [-0.1, -0.05) is 37.1 Å². The number of nitrogens with two attached hydrogens (primary N) is 1. The summed E-state index contributed by atoms with van der Waals surface area (Å²) in [5.41, 5.74) is 7.62. The van der Waals surface area contributed by atoms with E-state index in [4.69, 9.17) is 22.1 Å². The van der Waals surface area contributed by atoms with Crippen LogP contribution in [0.2, 0.25) is 5.02 Å². The van der Waals surface area contributed by atoms with E-state index in [9.17, 15) is 9.59 Å². The lowest BCUT2D eigenvalue weighted by Gasteiger charge is -2.44. The Morgan fingerprint density at radius 3 is 2.82 bits per heavy atom. The molecule has 34 heavy (non-hydrogen) atoms. The van der Waals surface area contributed by atoms with Crippen LogP contribution in [0.4, 0.5) is 5.82 Å². The van der Waals surface area contributed by atoms with Gasteiger partial charge < -0.3 is 20.3 Å². The maximum absolute atomic E-state index is 13.5. The first-order chi connectivity index (χ1) is 16.4. The minimum atomic E-state index is -0.518. The van der Waals surface area contributed by atoms with Gasteiger partial charge in [-0.05, 0) is 49.2 Å². The number of amides is 2. The Balaban J connectivity index is 1.49. The molecule has 1 aliphatic rings. The summed E-state index contributed by atoms with van der Waals surface area (Å²) < 4.78 is 5.65. The maximum atomic E-state index is 13.5. The predicted octanol–water partition coefficient (Wildman–Crippen LogP) is 3.67. The van der Waals surface area contributed by atoms with Crippen molar-refractivity contribution in [3.8, 4) is 5.75 Å². The topological polar surface area (TPSA) is 102 Å². The molecule has 2 amide bonds. The van der Waals surface area contributed by atoms with Crippen LogP contribution < -0.4 is 10.5 Å². The standard InChI is InChI=1S/C25H28ClN5O3/c1-3-5-22-25(33)30(13-17-8-9-20-21(10-17)28-15-29-24(20)27)16(2)12-31(22)23(32)14-34-19-7-4-6-18(26)11-19/h4,6-11,15-16,22H,3,5,12-14H2,1-2H3,(H2,27,28,29). The van der Waals surface area contributed by atoms with Crippen LogP contribution in [-0.4, -0.2) is 56.8 Å². The van der Waals surface area contributed by atoms with E-state index in [-0.39, 0.29) is 24.5 Å². The first kappa shape index (κ1) is 23.8. The predicted molar refractivity (Wildman–Crippen MR) is 131 cm³/mol. The van der Waals surface area contributed by atoms with Crippen LogP contribution in [0.3, 0.4) is 0 Å². The lowest BCUT2D eigenvalue weighted by molar-refractivity contribution is -0.156.